The molecule has 0 radical (unpaired) electrons. The molecule has 1 aliphatic rings. The van der Waals surface area contributed by atoms with Gasteiger partial charge in [-0.05, 0) is 37.3 Å². The molecule has 0 spiro atoms. The van der Waals surface area contributed by atoms with Crippen molar-refractivity contribution in [3.8, 4) is 0 Å². The lowest BCUT2D eigenvalue weighted by Crippen LogP contribution is -2.06. The molecule has 2 aromatic rings. The second kappa shape index (κ2) is 5.05. The smallest absolute Gasteiger partial charge is 0.208 e. The quantitative estimate of drug-likeness (QED) is 0.756. The van der Waals surface area contributed by atoms with Crippen molar-refractivity contribution in [1.82, 2.24) is 0 Å². The predicted molar refractivity (Wildman–Crippen MR) is 70.7 cm³/mol. The fourth-order valence-electron chi connectivity index (χ4n) is 2.48. The van der Waals surface area contributed by atoms with E-state index in [9.17, 15) is 18.0 Å². The van der Waals surface area contributed by atoms with Gasteiger partial charge in [0.05, 0.1) is 10.4 Å². The normalized spacial score (nSPS) is 14.2. The molecule has 1 aromatic heterocycles. The van der Waals surface area contributed by atoms with Crippen molar-refractivity contribution in [3.05, 3.63) is 56.5 Å². The van der Waals surface area contributed by atoms with Crippen LogP contribution in [-0.2, 0) is 12.8 Å². The highest BCUT2D eigenvalue weighted by Gasteiger charge is 2.24. The molecule has 5 heteroatoms. The Morgan fingerprint density at radius 1 is 1.00 bits per heavy atom. The summed E-state index contributed by atoms with van der Waals surface area (Å²) in [5, 5.41) is 0. The number of thiophene rings is 1. The Morgan fingerprint density at radius 2 is 1.65 bits per heavy atom. The minimum Gasteiger partial charge on any atom is -0.287 e. The molecule has 1 heterocycles. The zero-order valence-electron chi connectivity index (χ0n) is 10.5. The summed E-state index contributed by atoms with van der Waals surface area (Å²) in [6, 6.07) is 2.78. The Hall–Kier alpha value is -1.62. The molecule has 0 fully saturated rings. The lowest BCUT2D eigenvalue weighted by molar-refractivity contribution is 0.103. The van der Waals surface area contributed by atoms with Crippen LogP contribution < -0.4 is 0 Å². The van der Waals surface area contributed by atoms with Crippen molar-refractivity contribution in [2.45, 2.75) is 25.7 Å². The maximum absolute atomic E-state index is 13.6. The molecule has 20 heavy (non-hydrogen) atoms. The van der Waals surface area contributed by atoms with Crippen molar-refractivity contribution in [2.24, 2.45) is 0 Å². The summed E-state index contributed by atoms with van der Waals surface area (Å²) < 4.78 is 40.1. The number of ketones is 1. The summed E-state index contributed by atoms with van der Waals surface area (Å²) in [7, 11) is 0. The fraction of sp³-hybridized carbons (Fsp3) is 0.267. The molecule has 1 nitrogen and oxygen atoms in total. The first kappa shape index (κ1) is 13.4. The lowest BCUT2D eigenvalue weighted by Gasteiger charge is -2.08. The number of hydrogen-bond donors (Lipinski definition) is 0. The van der Waals surface area contributed by atoms with Gasteiger partial charge in [0.25, 0.3) is 0 Å². The van der Waals surface area contributed by atoms with Gasteiger partial charge in [-0.3, -0.25) is 4.79 Å². The van der Waals surface area contributed by atoms with Gasteiger partial charge in [0.1, 0.15) is 17.5 Å². The van der Waals surface area contributed by atoms with Crippen LogP contribution in [0.15, 0.2) is 18.2 Å². The van der Waals surface area contributed by atoms with E-state index in [0.717, 1.165) is 36.1 Å². The average Bonchev–Trinajstić information content (AvgIpc) is 2.81. The standard InChI is InChI=1S/C15H11F3OS/c16-9-6-10(17)14(11(18)7-9)15(19)13-5-8-3-1-2-4-12(8)20-13/h5-7H,1-4H2. The van der Waals surface area contributed by atoms with E-state index in [2.05, 4.69) is 0 Å². The van der Waals surface area contributed by atoms with Gasteiger partial charge >= 0.3 is 0 Å². The van der Waals surface area contributed by atoms with Crippen LogP contribution in [0, 0.1) is 17.5 Å². The molecule has 0 bridgehead atoms. The van der Waals surface area contributed by atoms with Crippen LogP contribution in [0.2, 0.25) is 0 Å². The number of fused-ring (bicyclic) bond motifs is 1. The van der Waals surface area contributed by atoms with E-state index in [0.29, 0.717) is 17.0 Å². The summed E-state index contributed by atoms with van der Waals surface area (Å²) in [6.07, 6.45) is 3.94. The molecule has 0 N–H and O–H groups in total. The Balaban J connectivity index is 2.03. The van der Waals surface area contributed by atoms with Crippen LogP contribution >= 0.6 is 11.3 Å². The van der Waals surface area contributed by atoms with Crippen LogP contribution in [-0.4, -0.2) is 5.78 Å². The van der Waals surface area contributed by atoms with Gasteiger partial charge < -0.3 is 0 Å². The third-order valence-electron chi connectivity index (χ3n) is 3.45. The Morgan fingerprint density at radius 3 is 2.30 bits per heavy atom. The van der Waals surface area contributed by atoms with Crippen LogP contribution in [0.1, 0.15) is 38.5 Å². The van der Waals surface area contributed by atoms with Crippen molar-refractivity contribution < 1.29 is 18.0 Å². The number of aryl methyl sites for hydroxylation is 2. The number of benzene rings is 1. The number of carbonyl (C=O) groups is 1. The molecular formula is C15H11F3OS. The molecular weight excluding hydrogens is 285 g/mol. The first-order valence-electron chi connectivity index (χ1n) is 6.37. The van der Waals surface area contributed by atoms with Gasteiger partial charge in [-0.25, -0.2) is 13.2 Å². The molecule has 0 saturated carbocycles. The lowest BCUT2D eigenvalue weighted by atomic mass is 9.98. The van der Waals surface area contributed by atoms with Crippen LogP contribution in [0.4, 0.5) is 13.2 Å². The van der Waals surface area contributed by atoms with Crippen molar-refractivity contribution in [1.29, 1.82) is 0 Å². The molecule has 3 rings (SSSR count). The fourth-order valence-corrected chi connectivity index (χ4v) is 3.68. The maximum Gasteiger partial charge on any atom is 0.208 e. The maximum atomic E-state index is 13.6. The van der Waals surface area contributed by atoms with Crippen molar-refractivity contribution in [3.63, 3.8) is 0 Å². The van der Waals surface area contributed by atoms with Gasteiger partial charge in [0, 0.05) is 17.0 Å². The molecule has 104 valence electrons. The van der Waals surface area contributed by atoms with E-state index in [1.807, 2.05) is 0 Å². The van der Waals surface area contributed by atoms with E-state index in [1.165, 1.54) is 11.3 Å². The predicted octanol–water partition coefficient (Wildman–Crippen LogP) is 4.28. The van der Waals surface area contributed by atoms with E-state index < -0.39 is 28.8 Å². The van der Waals surface area contributed by atoms with Gasteiger partial charge in [-0.15, -0.1) is 11.3 Å². The molecule has 0 saturated heterocycles. The minimum atomic E-state index is -1.15. The van der Waals surface area contributed by atoms with Crippen LogP contribution in [0.25, 0.3) is 0 Å². The molecule has 0 aliphatic heterocycles. The third kappa shape index (κ3) is 2.26. The Kier molecular flexibility index (Phi) is 3.38. The molecule has 1 aliphatic carbocycles. The van der Waals surface area contributed by atoms with Crippen molar-refractivity contribution in [2.75, 3.05) is 0 Å². The van der Waals surface area contributed by atoms with E-state index in [4.69, 9.17) is 0 Å². The van der Waals surface area contributed by atoms with E-state index >= 15 is 0 Å². The van der Waals surface area contributed by atoms with Gasteiger partial charge in [0.2, 0.25) is 5.78 Å². The highest BCUT2D eigenvalue weighted by Crippen LogP contribution is 2.31. The zero-order valence-corrected chi connectivity index (χ0v) is 11.3. The summed E-state index contributed by atoms with van der Waals surface area (Å²) >= 11 is 1.28. The number of hydrogen-bond acceptors (Lipinski definition) is 2. The summed E-state index contributed by atoms with van der Waals surface area (Å²) in [4.78, 5) is 13.7. The Bertz CT molecular complexity index is 644. The number of halogens is 3. The third-order valence-corrected chi connectivity index (χ3v) is 4.69. The molecule has 1 aromatic carbocycles. The molecule has 0 amide bonds. The highest BCUT2D eigenvalue weighted by atomic mass is 32.1. The summed E-state index contributed by atoms with van der Waals surface area (Å²) in [5.74, 6) is -4.04. The summed E-state index contributed by atoms with van der Waals surface area (Å²) in [5.41, 5.74) is 0.414. The van der Waals surface area contributed by atoms with E-state index in [-0.39, 0.29) is 0 Å². The number of rotatable bonds is 2. The van der Waals surface area contributed by atoms with E-state index in [1.54, 1.807) is 6.07 Å². The second-order valence-corrected chi connectivity index (χ2v) is 5.98. The average molecular weight is 296 g/mol. The highest BCUT2D eigenvalue weighted by molar-refractivity contribution is 7.14. The largest absolute Gasteiger partial charge is 0.287 e. The SMILES string of the molecule is O=C(c1cc2c(s1)CCCC2)c1c(F)cc(F)cc1F. The van der Waals surface area contributed by atoms with Gasteiger partial charge in [-0.2, -0.15) is 0 Å². The Labute approximate surface area is 118 Å². The van der Waals surface area contributed by atoms with Gasteiger partial charge in [0.15, 0.2) is 0 Å². The van der Waals surface area contributed by atoms with Gasteiger partial charge in [-0.1, -0.05) is 0 Å². The molecule has 0 atom stereocenters. The summed E-state index contributed by atoms with van der Waals surface area (Å²) in [6.45, 7) is 0. The monoisotopic (exact) mass is 296 g/mol. The first-order valence-corrected chi connectivity index (χ1v) is 7.18. The van der Waals surface area contributed by atoms with Crippen molar-refractivity contribution >= 4 is 17.1 Å². The molecule has 0 unspecified atom stereocenters. The van der Waals surface area contributed by atoms with Crippen LogP contribution in [0.5, 0.6) is 0 Å². The first-order chi connectivity index (χ1) is 9.56. The minimum absolute atomic E-state index is 0.321. The van der Waals surface area contributed by atoms with Crippen LogP contribution in [0.3, 0.4) is 0 Å². The topological polar surface area (TPSA) is 17.1 Å². The number of carbonyl (C=O) groups excluding carboxylic acids is 1. The zero-order chi connectivity index (χ0) is 14.3. The second-order valence-electron chi connectivity index (χ2n) is 4.84.